The number of carbonyl (C=O) groups is 2. The Labute approximate surface area is 223 Å². The van der Waals surface area contributed by atoms with E-state index in [1.165, 1.54) is 5.56 Å². The molecule has 0 unspecified atom stereocenters. The van der Waals surface area contributed by atoms with Gasteiger partial charge in [0.05, 0.1) is 5.69 Å². The van der Waals surface area contributed by atoms with Gasteiger partial charge in [-0.15, -0.1) is 0 Å². The van der Waals surface area contributed by atoms with Gasteiger partial charge < -0.3 is 20.6 Å². The average molecular weight is 517 g/mol. The third-order valence-electron chi connectivity index (χ3n) is 7.71. The predicted octanol–water partition coefficient (Wildman–Crippen LogP) is 3.37. The number of carboxylic acid groups (broad SMARTS) is 1. The number of amides is 1. The predicted molar refractivity (Wildman–Crippen MR) is 146 cm³/mol. The van der Waals surface area contributed by atoms with Gasteiger partial charge in [-0.25, -0.2) is 9.78 Å². The van der Waals surface area contributed by atoms with Crippen LogP contribution in [0.1, 0.15) is 47.3 Å². The molecule has 0 spiro atoms. The van der Waals surface area contributed by atoms with E-state index in [0.717, 1.165) is 74.5 Å². The van der Waals surface area contributed by atoms with Crippen LogP contribution >= 0.6 is 0 Å². The summed E-state index contributed by atoms with van der Waals surface area (Å²) in [5.74, 6) is 0.234. The van der Waals surface area contributed by atoms with Crippen molar-refractivity contribution in [2.24, 2.45) is 13.0 Å². The normalized spacial score (nSPS) is 18.0. The minimum absolute atomic E-state index is 0.368. The minimum Gasteiger partial charge on any atom is -0.480 e. The summed E-state index contributed by atoms with van der Waals surface area (Å²) in [6.45, 7) is 3.55. The number of hydrogen-bond donors (Lipinski definition) is 3. The first-order valence-electron chi connectivity index (χ1n) is 13.5. The molecule has 0 saturated carbocycles. The van der Waals surface area contributed by atoms with E-state index in [1.54, 1.807) is 29.1 Å². The highest BCUT2D eigenvalue weighted by molar-refractivity contribution is 5.97. The zero-order valence-corrected chi connectivity index (χ0v) is 21.9. The van der Waals surface area contributed by atoms with Gasteiger partial charge in [-0.2, -0.15) is 5.10 Å². The number of aliphatic carboxylic acids is 1. The average Bonchev–Trinajstić information content (AvgIpc) is 3.58. The molecule has 0 radical (unpaired) electrons. The van der Waals surface area contributed by atoms with E-state index in [9.17, 15) is 14.7 Å². The highest BCUT2D eigenvalue weighted by atomic mass is 16.4. The van der Waals surface area contributed by atoms with Crippen LogP contribution in [0.4, 0.5) is 5.82 Å². The lowest BCUT2D eigenvalue weighted by atomic mass is 10.00. The maximum Gasteiger partial charge on any atom is 0.326 e. The monoisotopic (exact) mass is 516 g/mol. The number of fused-ring (bicyclic) bond motifs is 1. The summed E-state index contributed by atoms with van der Waals surface area (Å²) in [6, 6.07) is 12.5. The van der Waals surface area contributed by atoms with Gasteiger partial charge in [-0.1, -0.05) is 18.2 Å². The highest BCUT2D eigenvalue weighted by Crippen LogP contribution is 2.24. The maximum atomic E-state index is 12.9. The first-order chi connectivity index (χ1) is 18.5. The van der Waals surface area contributed by atoms with Gasteiger partial charge in [0.15, 0.2) is 0 Å². The molecule has 9 nitrogen and oxygen atoms in total. The minimum atomic E-state index is -1.01. The zero-order chi connectivity index (χ0) is 26.5. The van der Waals surface area contributed by atoms with E-state index in [2.05, 4.69) is 32.8 Å². The van der Waals surface area contributed by atoms with Gasteiger partial charge in [0, 0.05) is 49.7 Å². The van der Waals surface area contributed by atoms with Crippen LogP contribution in [-0.2, 0) is 24.7 Å². The second-order valence-corrected chi connectivity index (χ2v) is 10.4. The van der Waals surface area contributed by atoms with Gasteiger partial charge in [-0.3, -0.25) is 9.48 Å². The molecular formula is C29H36N6O3. The number of anilines is 1. The fourth-order valence-corrected chi connectivity index (χ4v) is 5.50. The third-order valence-corrected chi connectivity index (χ3v) is 7.71. The van der Waals surface area contributed by atoms with Crippen LogP contribution < -0.4 is 10.6 Å². The smallest absolute Gasteiger partial charge is 0.326 e. The molecule has 9 heteroatoms. The molecule has 1 saturated heterocycles. The molecule has 1 amide bonds. The maximum absolute atomic E-state index is 12.9. The van der Waals surface area contributed by atoms with Crippen molar-refractivity contribution < 1.29 is 14.7 Å². The number of hydrogen-bond acceptors (Lipinski definition) is 6. The quantitative estimate of drug-likeness (QED) is 0.379. The van der Waals surface area contributed by atoms with E-state index in [-0.39, 0.29) is 5.91 Å². The summed E-state index contributed by atoms with van der Waals surface area (Å²) in [5.41, 5.74) is 4.62. The molecule has 1 aromatic carbocycles. The first kappa shape index (κ1) is 25.9. The Kier molecular flexibility index (Phi) is 8.03. The number of aryl methyl sites for hydroxylation is 3. The molecule has 4 heterocycles. The van der Waals surface area contributed by atoms with E-state index in [0.29, 0.717) is 24.4 Å². The molecule has 200 valence electrons. The van der Waals surface area contributed by atoms with Crippen LogP contribution in [0.2, 0.25) is 0 Å². The summed E-state index contributed by atoms with van der Waals surface area (Å²) in [4.78, 5) is 32.0. The molecule has 2 aromatic heterocycles. The molecule has 38 heavy (non-hydrogen) atoms. The number of carboxylic acids is 1. The SMILES string of the molecule is Cn1nccc1-c1cccc(C(=O)N[C@@H](CCN2CC[C@@H](CCc3ccc4c(n3)NCCC4)C2)C(=O)O)c1. The Balaban J connectivity index is 1.10. The summed E-state index contributed by atoms with van der Waals surface area (Å²) < 4.78 is 1.74. The molecule has 3 N–H and O–H groups in total. The number of aromatic nitrogens is 3. The lowest BCUT2D eigenvalue weighted by Crippen LogP contribution is -2.43. The van der Waals surface area contributed by atoms with Crippen LogP contribution in [0.5, 0.6) is 0 Å². The first-order valence-corrected chi connectivity index (χ1v) is 13.5. The number of carbonyl (C=O) groups excluding carboxylic acids is 1. The Morgan fingerprint density at radius 3 is 2.95 bits per heavy atom. The summed E-state index contributed by atoms with van der Waals surface area (Å²) in [5, 5.41) is 20.1. The number of likely N-dealkylation sites (tertiary alicyclic amines) is 1. The molecular weight excluding hydrogens is 480 g/mol. The fourth-order valence-electron chi connectivity index (χ4n) is 5.50. The Bertz CT molecular complexity index is 1290. The van der Waals surface area contributed by atoms with E-state index in [4.69, 9.17) is 4.98 Å². The molecule has 2 atom stereocenters. The van der Waals surface area contributed by atoms with Gasteiger partial charge in [-0.05, 0) is 80.8 Å². The van der Waals surface area contributed by atoms with E-state index >= 15 is 0 Å². The fraction of sp³-hybridized carbons (Fsp3) is 0.448. The van der Waals surface area contributed by atoms with Crippen molar-refractivity contribution in [1.29, 1.82) is 0 Å². The van der Waals surface area contributed by atoms with E-state index < -0.39 is 12.0 Å². The number of nitrogens with zero attached hydrogens (tertiary/aromatic N) is 4. The standard InChI is InChI=1S/C29H36N6O3/c1-34-26(11-15-31-34)22-4-2-5-23(18-22)28(36)33-25(29(37)38)13-17-35-16-12-20(19-35)7-9-24-10-8-21-6-3-14-30-27(21)32-24/h2,4-5,8,10-11,15,18,20,25H,3,6-7,9,12-14,16-17,19H2,1H3,(H,30,32)(H,33,36)(H,37,38)/t20-,25+/m1/s1. The second-order valence-electron chi connectivity index (χ2n) is 10.4. The second kappa shape index (κ2) is 11.8. The number of pyridine rings is 1. The van der Waals surface area contributed by atoms with Crippen molar-refractivity contribution in [1.82, 2.24) is 25.0 Å². The molecule has 2 aliphatic rings. The Hall–Kier alpha value is -3.72. The summed E-state index contributed by atoms with van der Waals surface area (Å²) in [6.07, 6.45) is 7.48. The van der Waals surface area contributed by atoms with Crippen LogP contribution in [0.15, 0.2) is 48.7 Å². The molecule has 0 bridgehead atoms. The molecule has 5 rings (SSSR count). The molecule has 1 fully saturated rings. The van der Waals surface area contributed by atoms with Gasteiger partial charge in [0.1, 0.15) is 11.9 Å². The molecule has 3 aromatic rings. The summed E-state index contributed by atoms with van der Waals surface area (Å²) in [7, 11) is 1.84. The van der Waals surface area contributed by atoms with Crippen molar-refractivity contribution in [2.75, 3.05) is 31.5 Å². The van der Waals surface area contributed by atoms with Crippen molar-refractivity contribution >= 4 is 17.7 Å². The highest BCUT2D eigenvalue weighted by Gasteiger charge is 2.26. The van der Waals surface area contributed by atoms with Crippen LogP contribution in [0.25, 0.3) is 11.3 Å². The largest absolute Gasteiger partial charge is 0.480 e. The Morgan fingerprint density at radius 2 is 2.13 bits per heavy atom. The van der Waals surface area contributed by atoms with Crippen LogP contribution in [-0.4, -0.2) is 68.9 Å². The summed E-state index contributed by atoms with van der Waals surface area (Å²) >= 11 is 0. The van der Waals surface area contributed by atoms with E-state index in [1.807, 2.05) is 19.2 Å². The van der Waals surface area contributed by atoms with Crippen molar-refractivity contribution in [2.45, 2.75) is 44.6 Å². The van der Waals surface area contributed by atoms with Gasteiger partial charge >= 0.3 is 5.97 Å². The number of nitrogens with one attached hydrogen (secondary N) is 2. The van der Waals surface area contributed by atoms with Crippen molar-refractivity contribution in [3.63, 3.8) is 0 Å². The van der Waals surface area contributed by atoms with Gasteiger partial charge in [0.2, 0.25) is 0 Å². The van der Waals surface area contributed by atoms with Crippen molar-refractivity contribution in [3.8, 4) is 11.3 Å². The topological polar surface area (TPSA) is 112 Å². The van der Waals surface area contributed by atoms with Crippen LogP contribution in [0, 0.1) is 5.92 Å². The Morgan fingerprint density at radius 1 is 1.24 bits per heavy atom. The lowest BCUT2D eigenvalue weighted by molar-refractivity contribution is -0.139. The molecule has 2 aliphatic heterocycles. The van der Waals surface area contributed by atoms with Gasteiger partial charge in [0.25, 0.3) is 5.91 Å². The van der Waals surface area contributed by atoms with Crippen molar-refractivity contribution in [3.05, 3.63) is 65.5 Å². The number of benzene rings is 1. The number of rotatable bonds is 10. The molecule has 0 aliphatic carbocycles. The lowest BCUT2D eigenvalue weighted by Gasteiger charge is -2.20. The zero-order valence-electron chi connectivity index (χ0n) is 21.9. The van der Waals surface area contributed by atoms with Crippen LogP contribution in [0.3, 0.4) is 0 Å². The third kappa shape index (κ3) is 6.22.